The van der Waals surface area contributed by atoms with Gasteiger partial charge in [0.15, 0.2) is 11.9 Å². The quantitative estimate of drug-likeness (QED) is 0.513. The molecule has 29 heavy (non-hydrogen) atoms. The molecule has 0 bridgehead atoms. The Morgan fingerprint density at radius 3 is 2.31 bits per heavy atom. The Kier molecular flexibility index (Phi) is 6.66. The van der Waals surface area contributed by atoms with Gasteiger partial charge in [-0.2, -0.15) is 8.42 Å². The molecule has 2 aromatic carbocycles. The zero-order valence-electron chi connectivity index (χ0n) is 18.0. The van der Waals surface area contributed by atoms with Gasteiger partial charge in [0.05, 0.1) is 4.90 Å². The van der Waals surface area contributed by atoms with Crippen LogP contribution < -0.4 is 9.55 Å². The summed E-state index contributed by atoms with van der Waals surface area (Å²) < 4.78 is 32.7. The predicted molar refractivity (Wildman–Crippen MR) is 119 cm³/mol. The first-order valence-electron chi connectivity index (χ1n) is 10.6. The number of fused-ring (bicyclic) bond motifs is 1. The molecule has 0 fully saturated rings. The molecule has 0 saturated heterocycles. The van der Waals surface area contributed by atoms with Crippen LogP contribution in [0.4, 0.5) is 11.4 Å². The summed E-state index contributed by atoms with van der Waals surface area (Å²) in [4.78, 5) is 2.51. The number of hydrogen-bond acceptors (Lipinski definition) is 4. The van der Waals surface area contributed by atoms with Crippen molar-refractivity contribution in [3.8, 4) is 0 Å². The summed E-state index contributed by atoms with van der Waals surface area (Å²) in [6.45, 7) is 9.81. The lowest BCUT2D eigenvalue weighted by molar-refractivity contribution is -0.0656. The van der Waals surface area contributed by atoms with E-state index in [1.54, 1.807) is 12.1 Å². The van der Waals surface area contributed by atoms with E-state index < -0.39 is 10.1 Å². The molecule has 0 saturated carbocycles. The summed E-state index contributed by atoms with van der Waals surface area (Å²) in [5.74, 6) is 0. The number of hydrogen-bond donors (Lipinski definition) is 0. The Morgan fingerprint density at radius 1 is 1.00 bits per heavy atom. The van der Waals surface area contributed by atoms with Crippen molar-refractivity contribution in [2.75, 3.05) is 18.0 Å². The maximum atomic E-state index is 13.3. The molecule has 1 aliphatic rings. The number of rotatable bonds is 9. The van der Waals surface area contributed by atoms with E-state index in [4.69, 9.17) is 4.28 Å². The lowest BCUT2D eigenvalue weighted by Gasteiger charge is -2.36. The third-order valence-electron chi connectivity index (χ3n) is 5.79. The lowest BCUT2D eigenvalue weighted by Crippen LogP contribution is -2.59. The first-order chi connectivity index (χ1) is 13.9. The molecule has 158 valence electrons. The van der Waals surface area contributed by atoms with Gasteiger partial charge in [0.1, 0.15) is 12.2 Å². The minimum absolute atomic E-state index is 0.00998. The van der Waals surface area contributed by atoms with Gasteiger partial charge in [-0.15, -0.1) is 4.65 Å². The highest BCUT2D eigenvalue weighted by molar-refractivity contribution is 7.86. The summed E-state index contributed by atoms with van der Waals surface area (Å²) in [7, 11) is -3.92. The Balaban J connectivity index is 2.07. The maximum Gasteiger partial charge on any atom is 0.343 e. The fourth-order valence-corrected chi connectivity index (χ4v) is 5.24. The molecule has 3 rings (SSSR count). The molecule has 1 heterocycles. The van der Waals surface area contributed by atoms with Crippen molar-refractivity contribution in [3.05, 3.63) is 54.1 Å². The topological polar surface area (TPSA) is 46.6 Å². The molecule has 2 unspecified atom stereocenters. The average Bonchev–Trinajstić information content (AvgIpc) is 2.93. The molecule has 2 aromatic rings. The molecule has 0 radical (unpaired) electrons. The molecule has 2 atom stereocenters. The smallest absolute Gasteiger partial charge is 0.315 e. The van der Waals surface area contributed by atoms with Crippen LogP contribution in [0, 0.1) is 6.92 Å². The molecule has 0 aromatic heterocycles. The highest BCUT2D eigenvalue weighted by Crippen LogP contribution is 2.47. The highest BCUT2D eigenvalue weighted by Gasteiger charge is 2.53. The van der Waals surface area contributed by atoms with Gasteiger partial charge in [0.25, 0.3) is 0 Å². The first kappa shape index (κ1) is 21.8. The van der Waals surface area contributed by atoms with Gasteiger partial charge >= 0.3 is 10.1 Å². The van der Waals surface area contributed by atoms with Gasteiger partial charge in [-0.3, -0.25) is 0 Å². The van der Waals surface area contributed by atoms with Crippen LogP contribution >= 0.6 is 0 Å². The number of para-hydroxylation sites is 2. The molecule has 6 heteroatoms. The van der Waals surface area contributed by atoms with Crippen molar-refractivity contribution in [2.24, 2.45) is 0 Å². The summed E-state index contributed by atoms with van der Waals surface area (Å²) in [6.07, 6.45) is 3.87. The van der Waals surface area contributed by atoms with Crippen LogP contribution in [-0.4, -0.2) is 27.7 Å². The summed E-state index contributed by atoms with van der Waals surface area (Å²) >= 11 is 0. The third-order valence-corrected chi connectivity index (χ3v) is 7.10. The van der Waals surface area contributed by atoms with Crippen LogP contribution in [0.2, 0.25) is 0 Å². The van der Waals surface area contributed by atoms with Gasteiger partial charge in [0.2, 0.25) is 0 Å². The largest absolute Gasteiger partial charge is 0.343 e. The van der Waals surface area contributed by atoms with Crippen LogP contribution in [0.15, 0.2) is 53.4 Å². The Labute approximate surface area is 175 Å². The van der Waals surface area contributed by atoms with Gasteiger partial charge < -0.3 is 4.90 Å². The minimum Gasteiger partial charge on any atom is -0.315 e. The zero-order chi connectivity index (χ0) is 21.1. The number of quaternary nitrogens is 1. The summed E-state index contributed by atoms with van der Waals surface area (Å²) in [6, 6.07) is 14.9. The zero-order valence-corrected chi connectivity index (χ0v) is 18.8. The Hall–Kier alpha value is -1.89. The molecule has 0 N–H and O–H groups in total. The molecule has 1 aliphatic heterocycles. The van der Waals surface area contributed by atoms with E-state index in [1.807, 2.05) is 37.3 Å². The van der Waals surface area contributed by atoms with Gasteiger partial charge in [-0.1, -0.05) is 60.8 Å². The van der Waals surface area contributed by atoms with Crippen LogP contribution in [0.3, 0.4) is 0 Å². The van der Waals surface area contributed by atoms with E-state index in [0.29, 0.717) is 6.54 Å². The second kappa shape index (κ2) is 8.86. The number of nitrogens with zero attached hydrogens (tertiary/aromatic N) is 2. The fraction of sp³-hybridized carbons (Fsp3) is 0.478. The molecular weight excluding hydrogens is 384 g/mol. The van der Waals surface area contributed by atoms with Crippen LogP contribution in [0.5, 0.6) is 0 Å². The Morgan fingerprint density at radius 2 is 1.66 bits per heavy atom. The lowest BCUT2D eigenvalue weighted by atomic mass is 10.2. The fourth-order valence-electron chi connectivity index (χ4n) is 4.05. The monoisotopic (exact) mass is 417 g/mol. The van der Waals surface area contributed by atoms with Gasteiger partial charge in [-0.25, -0.2) is 0 Å². The first-order valence-corrected chi connectivity index (χ1v) is 12.0. The average molecular weight is 418 g/mol. The van der Waals surface area contributed by atoms with Gasteiger partial charge in [-0.05, 0) is 38.0 Å². The van der Waals surface area contributed by atoms with Crippen molar-refractivity contribution < 1.29 is 12.7 Å². The molecular formula is C23H33N2O3S+. The molecule has 0 spiro atoms. The second-order valence-electron chi connectivity index (χ2n) is 7.88. The third kappa shape index (κ3) is 4.20. The maximum absolute atomic E-state index is 13.3. The minimum atomic E-state index is -3.92. The molecule has 0 amide bonds. The van der Waals surface area contributed by atoms with E-state index in [-0.39, 0.29) is 15.7 Å². The number of hydroxylamine groups is 2. The van der Waals surface area contributed by atoms with Gasteiger partial charge in [0, 0.05) is 19.5 Å². The van der Waals surface area contributed by atoms with Crippen molar-refractivity contribution in [3.63, 3.8) is 0 Å². The highest BCUT2D eigenvalue weighted by atomic mass is 32.2. The van der Waals surface area contributed by atoms with Crippen molar-refractivity contribution in [1.29, 1.82) is 0 Å². The number of anilines is 1. The second-order valence-corrected chi connectivity index (χ2v) is 9.41. The van der Waals surface area contributed by atoms with E-state index in [9.17, 15) is 8.42 Å². The summed E-state index contributed by atoms with van der Waals surface area (Å²) in [5.41, 5.74) is 3.02. The number of aryl methyl sites for hydroxylation is 1. The standard InChI is InChI=1S/C23H33N2O3S/c1-5-7-17-24-20(4)25(18-8-6-2,23-12-10-9-11-22(23)24)28-29(26,27)21-15-13-19(3)14-16-21/h9-16,20H,5-8,17-18H2,1-4H3/q+1. The van der Waals surface area contributed by atoms with Crippen molar-refractivity contribution in [2.45, 2.75) is 64.4 Å². The number of unbranched alkanes of at least 4 members (excludes halogenated alkanes) is 2. The van der Waals surface area contributed by atoms with E-state index in [0.717, 1.165) is 49.2 Å². The molecule has 0 aliphatic carbocycles. The van der Waals surface area contributed by atoms with Crippen LogP contribution in [-0.2, 0) is 14.4 Å². The van der Waals surface area contributed by atoms with E-state index in [1.165, 1.54) is 0 Å². The number of benzene rings is 2. The normalized spacial score (nSPS) is 21.4. The van der Waals surface area contributed by atoms with Crippen LogP contribution in [0.25, 0.3) is 0 Å². The Bertz CT molecular complexity index is 927. The van der Waals surface area contributed by atoms with Crippen LogP contribution in [0.1, 0.15) is 52.0 Å². The van der Waals surface area contributed by atoms with E-state index in [2.05, 4.69) is 31.7 Å². The van der Waals surface area contributed by atoms with E-state index >= 15 is 0 Å². The van der Waals surface area contributed by atoms with Crippen molar-refractivity contribution in [1.82, 2.24) is 4.65 Å². The predicted octanol–water partition coefficient (Wildman–Crippen LogP) is 5.39. The van der Waals surface area contributed by atoms with Crippen molar-refractivity contribution >= 4 is 21.5 Å². The SMILES string of the molecule is CCCCN1c2ccccc2[N+](CCCC)(OS(=O)(=O)c2ccc(C)cc2)C1C. The molecule has 5 nitrogen and oxygen atoms in total. The summed E-state index contributed by atoms with van der Waals surface area (Å²) in [5, 5.41) is 0.